The van der Waals surface area contributed by atoms with Gasteiger partial charge in [-0.15, -0.1) is 0 Å². The second kappa shape index (κ2) is 7.69. The summed E-state index contributed by atoms with van der Waals surface area (Å²) in [5.41, 5.74) is 7.13. The van der Waals surface area contributed by atoms with Gasteiger partial charge in [0.25, 0.3) is 0 Å². The summed E-state index contributed by atoms with van der Waals surface area (Å²) >= 11 is 0. The molecule has 1 aromatic carbocycles. The molecule has 1 aromatic rings. The fourth-order valence-electron chi connectivity index (χ4n) is 3.26. The third-order valence-corrected chi connectivity index (χ3v) is 4.45. The molecule has 118 valence electrons. The van der Waals surface area contributed by atoms with E-state index in [-0.39, 0.29) is 6.04 Å². The number of nitrogens with two attached hydrogens (primary N) is 1. The molecule has 2 rings (SSSR count). The smallest absolute Gasteiger partial charge is 0.123 e. The molecule has 0 heterocycles. The van der Waals surface area contributed by atoms with E-state index in [1.54, 1.807) is 7.11 Å². The molecule has 1 aliphatic rings. The van der Waals surface area contributed by atoms with E-state index >= 15 is 0 Å². The van der Waals surface area contributed by atoms with Crippen molar-refractivity contribution in [2.24, 2.45) is 11.7 Å². The lowest BCUT2D eigenvalue weighted by atomic mass is 9.84. The monoisotopic (exact) mass is 291 g/mol. The molecule has 1 saturated carbocycles. The van der Waals surface area contributed by atoms with Gasteiger partial charge in [-0.1, -0.05) is 13.3 Å². The van der Waals surface area contributed by atoms with E-state index in [0.29, 0.717) is 12.0 Å². The Bertz CT molecular complexity index is 445. The van der Waals surface area contributed by atoms with Crippen LogP contribution >= 0.6 is 0 Å². The van der Waals surface area contributed by atoms with Crippen molar-refractivity contribution >= 4 is 0 Å². The van der Waals surface area contributed by atoms with Crippen molar-refractivity contribution in [1.82, 2.24) is 0 Å². The zero-order chi connectivity index (χ0) is 15.2. The van der Waals surface area contributed by atoms with E-state index in [1.807, 2.05) is 19.1 Å². The summed E-state index contributed by atoms with van der Waals surface area (Å²) in [6.45, 7) is 4.29. The lowest BCUT2D eigenvalue weighted by Gasteiger charge is -2.32. The molecule has 2 N–H and O–H groups in total. The van der Waals surface area contributed by atoms with Crippen LogP contribution in [0.15, 0.2) is 18.2 Å². The summed E-state index contributed by atoms with van der Waals surface area (Å²) in [5.74, 6) is 2.54. The molecule has 1 fully saturated rings. The Balaban J connectivity index is 2.17. The number of hydrogen-bond donors (Lipinski definition) is 1. The fraction of sp³-hybridized carbons (Fsp3) is 0.667. The second-order valence-corrected chi connectivity index (χ2v) is 6.26. The molecule has 0 spiro atoms. The molecule has 3 nitrogen and oxygen atoms in total. The van der Waals surface area contributed by atoms with Gasteiger partial charge in [0.2, 0.25) is 0 Å². The summed E-state index contributed by atoms with van der Waals surface area (Å²) in [6.07, 6.45) is 7.44. The molecule has 0 radical (unpaired) electrons. The highest BCUT2D eigenvalue weighted by Crippen LogP contribution is 2.33. The first kappa shape index (κ1) is 16.2. The summed E-state index contributed by atoms with van der Waals surface area (Å²) < 4.78 is 11.7. The Morgan fingerprint density at radius 3 is 2.71 bits per heavy atom. The van der Waals surface area contributed by atoms with Crippen molar-refractivity contribution in [2.45, 2.75) is 64.5 Å². The van der Waals surface area contributed by atoms with E-state index < -0.39 is 0 Å². The van der Waals surface area contributed by atoms with Gasteiger partial charge < -0.3 is 15.2 Å². The van der Waals surface area contributed by atoms with Crippen LogP contribution in [0.2, 0.25) is 0 Å². The molecule has 21 heavy (non-hydrogen) atoms. The summed E-state index contributed by atoms with van der Waals surface area (Å²) in [7, 11) is 1.69. The molecule has 3 atom stereocenters. The highest BCUT2D eigenvalue weighted by atomic mass is 16.5. The van der Waals surface area contributed by atoms with Gasteiger partial charge in [0, 0.05) is 6.04 Å². The van der Waals surface area contributed by atoms with E-state index in [4.69, 9.17) is 15.2 Å². The van der Waals surface area contributed by atoms with Crippen molar-refractivity contribution < 1.29 is 9.47 Å². The lowest BCUT2D eigenvalue weighted by Crippen LogP contribution is -2.30. The van der Waals surface area contributed by atoms with Crippen LogP contribution in [-0.2, 0) is 6.42 Å². The number of rotatable bonds is 6. The largest absolute Gasteiger partial charge is 0.497 e. The van der Waals surface area contributed by atoms with Crippen LogP contribution in [0.5, 0.6) is 11.5 Å². The number of benzene rings is 1. The van der Waals surface area contributed by atoms with Gasteiger partial charge >= 0.3 is 0 Å². The minimum absolute atomic E-state index is 0.118. The molecular weight excluding hydrogens is 262 g/mol. The Kier molecular flexibility index (Phi) is 5.92. The number of hydrogen-bond acceptors (Lipinski definition) is 3. The molecule has 0 amide bonds. The Labute approximate surface area is 128 Å². The van der Waals surface area contributed by atoms with Crippen LogP contribution in [-0.4, -0.2) is 19.3 Å². The van der Waals surface area contributed by atoms with Crippen molar-refractivity contribution in [3.63, 3.8) is 0 Å². The fourth-order valence-corrected chi connectivity index (χ4v) is 3.26. The predicted octanol–water partition coefficient (Wildman–Crippen LogP) is 3.93. The number of ether oxygens (including phenoxy) is 2. The average Bonchev–Trinajstić information content (AvgIpc) is 2.49. The quantitative estimate of drug-likeness (QED) is 0.863. The zero-order valence-corrected chi connectivity index (χ0v) is 13.6. The SMILES string of the molecule is CCC1CCCCC1Oc1ccc(OC)cc1CC(C)N. The molecule has 1 aliphatic carbocycles. The molecule has 0 saturated heterocycles. The summed E-state index contributed by atoms with van der Waals surface area (Å²) in [6, 6.07) is 6.19. The predicted molar refractivity (Wildman–Crippen MR) is 87.0 cm³/mol. The maximum absolute atomic E-state index is 6.38. The van der Waals surface area contributed by atoms with Crippen LogP contribution in [0.1, 0.15) is 51.5 Å². The zero-order valence-electron chi connectivity index (χ0n) is 13.6. The van der Waals surface area contributed by atoms with Gasteiger partial charge in [0.1, 0.15) is 17.6 Å². The Morgan fingerprint density at radius 2 is 2.05 bits per heavy atom. The standard InChI is InChI=1S/C18H29NO2/c1-4-14-7-5-6-8-17(14)21-18-10-9-16(20-3)12-15(18)11-13(2)19/h9-10,12-14,17H,4-8,11,19H2,1-3H3. The highest BCUT2D eigenvalue weighted by Gasteiger charge is 2.26. The maximum Gasteiger partial charge on any atom is 0.123 e. The molecule has 0 bridgehead atoms. The van der Waals surface area contributed by atoms with E-state index in [0.717, 1.165) is 23.5 Å². The first-order valence-electron chi connectivity index (χ1n) is 8.23. The van der Waals surface area contributed by atoms with Gasteiger partial charge in [0.15, 0.2) is 0 Å². The Morgan fingerprint density at radius 1 is 1.29 bits per heavy atom. The van der Waals surface area contributed by atoms with Crippen molar-refractivity contribution in [2.75, 3.05) is 7.11 Å². The van der Waals surface area contributed by atoms with Crippen LogP contribution in [0.3, 0.4) is 0 Å². The summed E-state index contributed by atoms with van der Waals surface area (Å²) in [4.78, 5) is 0. The molecule has 0 aromatic heterocycles. The van der Waals surface area contributed by atoms with Crippen LogP contribution < -0.4 is 15.2 Å². The van der Waals surface area contributed by atoms with Crippen molar-refractivity contribution in [3.8, 4) is 11.5 Å². The van der Waals surface area contributed by atoms with Crippen LogP contribution in [0.4, 0.5) is 0 Å². The topological polar surface area (TPSA) is 44.5 Å². The first-order chi connectivity index (χ1) is 10.1. The van der Waals surface area contributed by atoms with Crippen LogP contribution in [0, 0.1) is 5.92 Å². The van der Waals surface area contributed by atoms with E-state index in [2.05, 4.69) is 13.0 Å². The molecular formula is C18H29NO2. The van der Waals surface area contributed by atoms with Gasteiger partial charge in [-0.25, -0.2) is 0 Å². The van der Waals surface area contributed by atoms with Crippen molar-refractivity contribution in [1.29, 1.82) is 0 Å². The first-order valence-corrected chi connectivity index (χ1v) is 8.23. The normalized spacial score (nSPS) is 23.6. The minimum Gasteiger partial charge on any atom is -0.497 e. The third-order valence-electron chi connectivity index (χ3n) is 4.45. The third kappa shape index (κ3) is 4.37. The van der Waals surface area contributed by atoms with Gasteiger partial charge in [0.05, 0.1) is 7.11 Å². The average molecular weight is 291 g/mol. The number of methoxy groups -OCH3 is 1. The van der Waals surface area contributed by atoms with Crippen LogP contribution in [0.25, 0.3) is 0 Å². The second-order valence-electron chi connectivity index (χ2n) is 6.26. The van der Waals surface area contributed by atoms with E-state index in [1.165, 1.54) is 32.1 Å². The minimum atomic E-state index is 0.118. The van der Waals surface area contributed by atoms with Crippen molar-refractivity contribution in [3.05, 3.63) is 23.8 Å². The van der Waals surface area contributed by atoms with Gasteiger partial charge in [-0.2, -0.15) is 0 Å². The van der Waals surface area contributed by atoms with Gasteiger partial charge in [-0.05, 0) is 68.7 Å². The van der Waals surface area contributed by atoms with E-state index in [9.17, 15) is 0 Å². The molecule has 3 unspecified atom stereocenters. The highest BCUT2D eigenvalue weighted by molar-refractivity contribution is 5.41. The Hall–Kier alpha value is -1.22. The lowest BCUT2D eigenvalue weighted by molar-refractivity contribution is 0.0892. The summed E-state index contributed by atoms with van der Waals surface area (Å²) in [5, 5.41) is 0. The molecule has 0 aliphatic heterocycles. The molecule has 3 heteroatoms. The van der Waals surface area contributed by atoms with Gasteiger partial charge in [-0.3, -0.25) is 0 Å². The maximum atomic E-state index is 6.38.